The minimum atomic E-state index is -3.72. The van der Waals surface area contributed by atoms with Gasteiger partial charge in [0.05, 0.1) is 23.0 Å². The molecule has 1 aromatic rings. The van der Waals surface area contributed by atoms with Crippen molar-refractivity contribution in [1.82, 2.24) is 4.31 Å². The smallest absolute Gasteiger partial charge is 0.270 e. The summed E-state index contributed by atoms with van der Waals surface area (Å²) >= 11 is 0. The van der Waals surface area contributed by atoms with Crippen LogP contribution >= 0.6 is 0 Å². The van der Waals surface area contributed by atoms with Gasteiger partial charge in [-0.15, -0.1) is 0 Å². The molecule has 1 heterocycles. The maximum absolute atomic E-state index is 12.2. The highest BCUT2D eigenvalue weighted by Gasteiger charge is 2.27. The van der Waals surface area contributed by atoms with Gasteiger partial charge in [0, 0.05) is 31.3 Å². The quantitative estimate of drug-likeness (QED) is 0.587. The van der Waals surface area contributed by atoms with Crippen molar-refractivity contribution in [3.63, 3.8) is 0 Å². The third-order valence-corrected chi connectivity index (χ3v) is 4.39. The van der Waals surface area contributed by atoms with Gasteiger partial charge in [0.1, 0.15) is 0 Å². The molecule has 2 rings (SSSR count). The molecule has 0 saturated carbocycles. The lowest BCUT2D eigenvalue weighted by molar-refractivity contribution is -0.385. The van der Waals surface area contributed by atoms with E-state index >= 15 is 0 Å². The Morgan fingerprint density at radius 1 is 1.39 bits per heavy atom. The van der Waals surface area contributed by atoms with E-state index in [0.717, 1.165) is 6.07 Å². The number of ether oxygens (including phenoxy) is 1. The molecule has 1 aliphatic heterocycles. The van der Waals surface area contributed by atoms with Gasteiger partial charge in [0.25, 0.3) is 5.69 Å². The van der Waals surface area contributed by atoms with Gasteiger partial charge in [0.15, 0.2) is 0 Å². The monoisotopic (exact) mass is 271 g/mol. The normalized spacial score (nSPS) is 17.6. The second kappa shape index (κ2) is 5.01. The van der Waals surface area contributed by atoms with Crippen molar-refractivity contribution in [2.45, 2.75) is 4.90 Å². The van der Waals surface area contributed by atoms with E-state index in [1.807, 2.05) is 0 Å². The van der Waals surface area contributed by atoms with Crippen LogP contribution in [0.1, 0.15) is 0 Å². The molecule has 0 aromatic heterocycles. The number of benzene rings is 1. The van der Waals surface area contributed by atoms with Crippen LogP contribution in [0.2, 0.25) is 0 Å². The van der Waals surface area contributed by atoms with Gasteiger partial charge in [-0.05, 0) is 6.07 Å². The molecule has 18 heavy (non-hydrogen) atoms. The molecule has 1 fully saturated rings. The average molecular weight is 271 g/mol. The molecule has 0 atom stereocenters. The number of sulfonamides is 1. The van der Waals surface area contributed by atoms with E-state index in [-0.39, 0.29) is 23.7 Å². The second-order valence-corrected chi connectivity index (χ2v) is 5.59. The Kier molecular flexibility index (Phi) is 3.60. The second-order valence-electron chi connectivity index (χ2n) is 3.68. The van der Waals surface area contributed by atoms with E-state index in [2.05, 4.69) is 6.07 Å². The minimum absolute atomic E-state index is 0.182. The van der Waals surface area contributed by atoms with Crippen LogP contribution < -0.4 is 0 Å². The number of non-ortho nitro benzene ring substituents is 1. The van der Waals surface area contributed by atoms with Gasteiger partial charge >= 0.3 is 0 Å². The van der Waals surface area contributed by atoms with Crippen molar-refractivity contribution in [2.75, 3.05) is 26.3 Å². The van der Waals surface area contributed by atoms with Crippen molar-refractivity contribution in [3.8, 4) is 0 Å². The Morgan fingerprint density at radius 3 is 2.67 bits per heavy atom. The summed E-state index contributed by atoms with van der Waals surface area (Å²) in [5, 5.41) is 10.6. The Balaban J connectivity index is 2.34. The number of rotatable bonds is 3. The molecule has 0 unspecified atom stereocenters. The summed E-state index contributed by atoms with van der Waals surface area (Å²) in [5.41, 5.74) is -0.263. The molecule has 0 spiro atoms. The van der Waals surface area contributed by atoms with E-state index in [1.165, 1.54) is 16.4 Å². The zero-order chi connectivity index (χ0) is 13.2. The third-order valence-electron chi connectivity index (χ3n) is 2.56. The van der Waals surface area contributed by atoms with Gasteiger partial charge < -0.3 is 4.74 Å². The number of hydrogen-bond donors (Lipinski definition) is 0. The van der Waals surface area contributed by atoms with Crippen LogP contribution in [-0.2, 0) is 14.8 Å². The Morgan fingerprint density at radius 2 is 2.06 bits per heavy atom. The molecule has 0 N–H and O–H groups in total. The summed E-state index contributed by atoms with van der Waals surface area (Å²) in [6.07, 6.45) is 0. The predicted molar refractivity (Wildman–Crippen MR) is 61.5 cm³/mol. The van der Waals surface area contributed by atoms with E-state index in [9.17, 15) is 18.5 Å². The number of nitro benzene ring substituents is 1. The van der Waals surface area contributed by atoms with Crippen LogP contribution in [-0.4, -0.2) is 43.9 Å². The molecule has 1 radical (unpaired) electrons. The first-order chi connectivity index (χ1) is 8.51. The summed E-state index contributed by atoms with van der Waals surface area (Å²) in [6.45, 7) is 1.15. The highest BCUT2D eigenvalue weighted by molar-refractivity contribution is 7.89. The molecule has 7 nitrogen and oxygen atoms in total. The fraction of sp³-hybridized carbons (Fsp3) is 0.400. The number of hydrogen-bond acceptors (Lipinski definition) is 5. The zero-order valence-corrected chi connectivity index (χ0v) is 10.2. The minimum Gasteiger partial charge on any atom is -0.379 e. The molecule has 1 aromatic carbocycles. The Hall–Kier alpha value is -1.51. The Labute approximate surface area is 104 Å². The molecular formula is C10H11N2O5S. The first kappa shape index (κ1) is 12.9. The standard InChI is InChI=1S/C10H11N2O5S/c13-12(14)9-2-1-3-10(8-9)18(15,16)11-4-6-17-7-5-11/h1-2,8H,4-7H2. The highest BCUT2D eigenvalue weighted by Crippen LogP contribution is 2.20. The largest absolute Gasteiger partial charge is 0.379 e. The van der Waals surface area contributed by atoms with Crippen molar-refractivity contribution in [2.24, 2.45) is 0 Å². The maximum atomic E-state index is 12.2. The van der Waals surface area contributed by atoms with Crippen LogP contribution in [0.25, 0.3) is 0 Å². The lowest BCUT2D eigenvalue weighted by Gasteiger charge is -2.25. The van der Waals surface area contributed by atoms with Crippen molar-refractivity contribution in [1.29, 1.82) is 0 Å². The van der Waals surface area contributed by atoms with Crippen LogP contribution in [0.5, 0.6) is 0 Å². The SMILES string of the molecule is O=[N+]([O-])c1cc[c]c(S(=O)(=O)N2CCOCC2)c1. The highest BCUT2D eigenvalue weighted by atomic mass is 32.2. The molecule has 0 amide bonds. The predicted octanol–water partition coefficient (Wildman–Crippen LogP) is 0.416. The first-order valence-corrected chi connectivity index (χ1v) is 6.70. The van der Waals surface area contributed by atoms with Gasteiger partial charge in [-0.1, -0.05) is 0 Å². The van der Waals surface area contributed by atoms with E-state index in [4.69, 9.17) is 4.74 Å². The maximum Gasteiger partial charge on any atom is 0.270 e. The zero-order valence-electron chi connectivity index (χ0n) is 9.40. The molecule has 1 aliphatic rings. The summed E-state index contributed by atoms with van der Waals surface area (Å²) in [5.74, 6) is 0. The molecule has 97 valence electrons. The van der Waals surface area contributed by atoms with Gasteiger partial charge in [-0.2, -0.15) is 4.31 Å². The summed E-state index contributed by atoms with van der Waals surface area (Å²) in [6, 6.07) is 5.99. The van der Waals surface area contributed by atoms with Gasteiger partial charge in [0.2, 0.25) is 10.0 Å². The number of nitrogens with zero attached hydrogens (tertiary/aromatic N) is 2. The summed E-state index contributed by atoms with van der Waals surface area (Å²) in [7, 11) is -3.72. The average Bonchev–Trinajstić information content (AvgIpc) is 2.40. The van der Waals surface area contributed by atoms with Gasteiger partial charge in [-0.3, -0.25) is 10.1 Å². The summed E-state index contributed by atoms with van der Waals surface area (Å²) < 4.78 is 30.7. The molecule has 0 bridgehead atoms. The van der Waals surface area contributed by atoms with Crippen LogP contribution in [0.4, 0.5) is 5.69 Å². The van der Waals surface area contributed by atoms with Crippen LogP contribution in [0.3, 0.4) is 0 Å². The van der Waals surface area contributed by atoms with Crippen molar-refractivity contribution >= 4 is 15.7 Å². The van der Waals surface area contributed by atoms with E-state index in [1.54, 1.807) is 0 Å². The van der Waals surface area contributed by atoms with Crippen molar-refractivity contribution in [3.05, 3.63) is 34.4 Å². The Bertz CT molecular complexity index is 551. The summed E-state index contributed by atoms with van der Waals surface area (Å²) in [4.78, 5) is 9.81. The van der Waals surface area contributed by atoms with Crippen LogP contribution in [0.15, 0.2) is 23.1 Å². The third kappa shape index (κ3) is 2.50. The van der Waals surface area contributed by atoms with Crippen molar-refractivity contribution < 1.29 is 18.1 Å². The number of nitro groups is 1. The molecular weight excluding hydrogens is 260 g/mol. The first-order valence-electron chi connectivity index (χ1n) is 5.26. The van der Waals surface area contributed by atoms with E-state index in [0.29, 0.717) is 13.2 Å². The molecule has 1 saturated heterocycles. The van der Waals surface area contributed by atoms with Gasteiger partial charge in [-0.25, -0.2) is 8.42 Å². The molecule has 8 heteroatoms. The van der Waals surface area contributed by atoms with Crippen LogP contribution in [0, 0.1) is 16.2 Å². The fourth-order valence-electron chi connectivity index (χ4n) is 1.62. The molecule has 0 aliphatic carbocycles. The lowest BCUT2D eigenvalue weighted by Crippen LogP contribution is -2.40. The topological polar surface area (TPSA) is 89.8 Å². The number of morpholine rings is 1. The lowest BCUT2D eigenvalue weighted by atomic mass is 10.3. The fourth-order valence-corrected chi connectivity index (χ4v) is 3.02. The van der Waals surface area contributed by atoms with E-state index < -0.39 is 14.9 Å².